The van der Waals surface area contributed by atoms with Crippen molar-refractivity contribution in [3.8, 4) is 10.6 Å². The number of amides is 1. The minimum atomic E-state index is 0.0161. The van der Waals surface area contributed by atoms with Crippen LogP contribution in [0.2, 0.25) is 0 Å². The number of carbonyl (C=O) groups excluding carboxylic acids is 1. The fourth-order valence-electron chi connectivity index (χ4n) is 2.64. The molecule has 0 radical (unpaired) electrons. The first kappa shape index (κ1) is 17.8. The van der Waals surface area contributed by atoms with Gasteiger partial charge in [-0.3, -0.25) is 9.48 Å². The zero-order valence-corrected chi connectivity index (χ0v) is 16.3. The summed E-state index contributed by atoms with van der Waals surface area (Å²) < 4.78 is 2.00. The summed E-state index contributed by atoms with van der Waals surface area (Å²) >= 11 is 3.24. The van der Waals surface area contributed by atoms with Crippen molar-refractivity contribution in [2.75, 3.05) is 6.54 Å². The highest BCUT2D eigenvalue weighted by atomic mass is 32.1. The van der Waals surface area contributed by atoms with Gasteiger partial charge in [0.2, 0.25) is 5.91 Å². The van der Waals surface area contributed by atoms with E-state index in [1.165, 1.54) is 0 Å². The molecule has 0 aromatic carbocycles. The Kier molecular flexibility index (Phi) is 5.65. The molecule has 3 aromatic heterocycles. The van der Waals surface area contributed by atoms with Crippen LogP contribution in [0.15, 0.2) is 28.3 Å². The molecule has 3 heterocycles. The average Bonchev–Trinajstić information content (AvgIpc) is 3.27. The molecule has 0 fully saturated rings. The van der Waals surface area contributed by atoms with Crippen LogP contribution in [0.1, 0.15) is 24.0 Å². The first-order chi connectivity index (χ1) is 12.0. The Bertz CT molecular complexity index is 835. The number of nitrogens with one attached hydrogen (secondary N) is 1. The van der Waals surface area contributed by atoms with Gasteiger partial charge in [-0.15, -0.1) is 11.3 Å². The van der Waals surface area contributed by atoms with Gasteiger partial charge in [0.1, 0.15) is 5.01 Å². The van der Waals surface area contributed by atoms with E-state index in [1.807, 2.05) is 28.4 Å². The van der Waals surface area contributed by atoms with Crippen molar-refractivity contribution in [1.82, 2.24) is 20.1 Å². The number of hydrogen-bond acceptors (Lipinski definition) is 5. The second-order valence-corrected chi connectivity index (χ2v) is 7.99. The Morgan fingerprint density at radius 2 is 2.20 bits per heavy atom. The van der Waals surface area contributed by atoms with Crippen LogP contribution in [-0.4, -0.2) is 27.2 Å². The second-order valence-electron chi connectivity index (χ2n) is 6.35. The van der Waals surface area contributed by atoms with Gasteiger partial charge in [-0.05, 0) is 37.3 Å². The summed E-state index contributed by atoms with van der Waals surface area (Å²) in [6.45, 7) is 7.61. The summed E-state index contributed by atoms with van der Waals surface area (Å²) in [6, 6.07) is 4.12. The Morgan fingerprint density at radius 3 is 2.88 bits per heavy atom. The molecule has 0 saturated carbocycles. The van der Waals surface area contributed by atoms with Gasteiger partial charge in [-0.1, -0.05) is 6.92 Å². The van der Waals surface area contributed by atoms with Gasteiger partial charge in [0.15, 0.2) is 0 Å². The van der Waals surface area contributed by atoms with Crippen molar-refractivity contribution in [3.63, 3.8) is 0 Å². The minimum Gasteiger partial charge on any atom is -0.355 e. The van der Waals surface area contributed by atoms with E-state index < -0.39 is 0 Å². The van der Waals surface area contributed by atoms with Gasteiger partial charge >= 0.3 is 0 Å². The molecular formula is C18H22N4OS2. The van der Waals surface area contributed by atoms with Crippen LogP contribution in [0.3, 0.4) is 0 Å². The molecule has 1 unspecified atom stereocenters. The van der Waals surface area contributed by atoms with Gasteiger partial charge in [0.05, 0.1) is 17.8 Å². The van der Waals surface area contributed by atoms with Crippen LogP contribution in [0, 0.1) is 19.8 Å². The zero-order chi connectivity index (χ0) is 17.8. The van der Waals surface area contributed by atoms with Crippen LogP contribution in [0.25, 0.3) is 10.6 Å². The van der Waals surface area contributed by atoms with E-state index in [0.29, 0.717) is 18.9 Å². The third-order valence-corrected chi connectivity index (χ3v) is 5.52. The van der Waals surface area contributed by atoms with Crippen LogP contribution >= 0.6 is 22.7 Å². The quantitative estimate of drug-likeness (QED) is 0.686. The van der Waals surface area contributed by atoms with Crippen molar-refractivity contribution in [2.24, 2.45) is 5.92 Å². The summed E-state index contributed by atoms with van der Waals surface area (Å²) in [5.41, 5.74) is 4.13. The highest BCUT2D eigenvalue weighted by Gasteiger charge is 2.12. The van der Waals surface area contributed by atoms with Crippen molar-refractivity contribution in [1.29, 1.82) is 0 Å². The SMILES string of the molecule is Cc1cc(C)n(CC(C)CNC(=O)Cc2csc(-c3ccsc3)n2)n1. The topological polar surface area (TPSA) is 59.8 Å². The standard InChI is InChI=1S/C18H22N4OS2/c1-12(9-22-14(3)6-13(2)21-22)8-19-17(23)7-16-11-25-18(20-16)15-4-5-24-10-15/h4-6,10-12H,7-9H2,1-3H3,(H,19,23). The molecule has 0 spiro atoms. The fraction of sp³-hybridized carbons (Fsp3) is 0.389. The lowest BCUT2D eigenvalue weighted by Gasteiger charge is -2.13. The molecular weight excluding hydrogens is 352 g/mol. The van der Waals surface area contributed by atoms with E-state index in [0.717, 1.165) is 34.2 Å². The predicted molar refractivity (Wildman–Crippen MR) is 103 cm³/mol. The Hall–Kier alpha value is -1.99. The van der Waals surface area contributed by atoms with E-state index in [-0.39, 0.29) is 5.91 Å². The van der Waals surface area contributed by atoms with Gasteiger partial charge in [0.25, 0.3) is 0 Å². The lowest BCUT2D eigenvalue weighted by Crippen LogP contribution is -2.31. The summed E-state index contributed by atoms with van der Waals surface area (Å²) in [5, 5.41) is 14.5. The Morgan fingerprint density at radius 1 is 1.36 bits per heavy atom. The van der Waals surface area contributed by atoms with Gasteiger partial charge in [-0.2, -0.15) is 16.4 Å². The largest absolute Gasteiger partial charge is 0.355 e. The van der Waals surface area contributed by atoms with E-state index in [2.05, 4.69) is 40.7 Å². The number of thiophene rings is 1. The normalized spacial score (nSPS) is 12.3. The van der Waals surface area contributed by atoms with Crippen molar-refractivity contribution in [2.45, 2.75) is 33.7 Å². The van der Waals surface area contributed by atoms with Crippen LogP contribution in [0.5, 0.6) is 0 Å². The maximum Gasteiger partial charge on any atom is 0.226 e. The van der Waals surface area contributed by atoms with Gasteiger partial charge in [0, 0.05) is 35.1 Å². The summed E-state index contributed by atoms with van der Waals surface area (Å²) in [6.07, 6.45) is 0.327. The molecule has 0 aliphatic heterocycles. The average molecular weight is 375 g/mol. The third kappa shape index (κ3) is 4.76. The molecule has 0 aliphatic rings. The van der Waals surface area contributed by atoms with Crippen molar-refractivity contribution < 1.29 is 4.79 Å². The zero-order valence-electron chi connectivity index (χ0n) is 14.7. The highest BCUT2D eigenvalue weighted by Crippen LogP contribution is 2.25. The summed E-state index contributed by atoms with van der Waals surface area (Å²) in [7, 11) is 0. The van der Waals surface area contributed by atoms with Crippen LogP contribution in [-0.2, 0) is 17.8 Å². The molecule has 25 heavy (non-hydrogen) atoms. The minimum absolute atomic E-state index is 0.0161. The van der Waals surface area contributed by atoms with E-state index in [9.17, 15) is 4.79 Å². The lowest BCUT2D eigenvalue weighted by atomic mass is 10.1. The van der Waals surface area contributed by atoms with E-state index in [4.69, 9.17) is 0 Å². The molecule has 1 N–H and O–H groups in total. The third-order valence-electron chi connectivity index (χ3n) is 3.90. The number of aromatic nitrogens is 3. The van der Waals surface area contributed by atoms with Crippen molar-refractivity contribution >= 4 is 28.6 Å². The maximum atomic E-state index is 12.2. The molecule has 7 heteroatoms. The maximum absolute atomic E-state index is 12.2. The van der Waals surface area contributed by atoms with Crippen LogP contribution in [0.4, 0.5) is 0 Å². The van der Waals surface area contributed by atoms with Gasteiger partial charge < -0.3 is 5.32 Å². The van der Waals surface area contributed by atoms with E-state index in [1.54, 1.807) is 22.7 Å². The number of carbonyl (C=O) groups is 1. The smallest absolute Gasteiger partial charge is 0.226 e. The first-order valence-electron chi connectivity index (χ1n) is 8.26. The van der Waals surface area contributed by atoms with Crippen molar-refractivity contribution in [3.05, 3.63) is 45.4 Å². The molecule has 1 amide bonds. The summed E-state index contributed by atoms with van der Waals surface area (Å²) in [5.74, 6) is 0.334. The summed E-state index contributed by atoms with van der Waals surface area (Å²) in [4.78, 5) is 16.7. The fourth-order valence-corrected chi connectivity index (χ4v) is 4.17. The lowest BCUT2D eigenvalue weighted by molar-refractivity contribution is -0.120. The van der Waals surface area contributed by atoms with Crippen LogP contribution < -0.4 is 5.32 Å². The molecule has 0 bridgehead atoms. The Balaban J connectivity index is 1.47. The number of thiazole rings is 1. The molecule has 132 valence electrons. The predicted octanol–water partition coefficient (Wildman–Crippen LogP) is 3.68. The highest BCUT2D eigenvalue weighted by molar-refractivity contribution is 7.14. The molecule has 1 atom stereocenters. The number of aryl methyl sites for hydroxylation is 2. The van der Waals surface area contributed by atoms with E-state index >= 15 is 0 Å². The Labute approximate surface area is 155 Å². The molecule has 3 aromatic rings. The monoisotopic (exact) mass is 374 g/mol. The first-order valence-corrected chi connectivity index (χ1v) is 10.1. The molecule has 3 rings (SSSR count). The molecule has 0 aliphatic carbocycles. The van der Waals surface area contributed by atoms with Gasteiger partial charge in [-0.25, -0.2) is 4.98 Å². The molecule has 0 saturated heterocycles. The number of rotatable bonds is 7. The second kappa shape index (κ2) is 7.93. The number of nitrogens with zero attached hydrogens (tertiary/aromatic N) is 3. The molecule has 5 nitrogen and oxygen atoms in total. The number of hydrogen-bond donors (Lipinski definition) is 1.